The number of nitrogens with one attached hydrogen (secondary N) is 2. The van der Waals surface area contributed by atoms with Crippen molar-refractivity contribution >= 4 is 17.5 Å². The number of nitrogens with zero attached hydrogens (tertiary/aromatic N) is 4. The first-order valence-electron chi connectivity index (χ1n) is 10.7. The fourth-order valence-corrected chi connectivity index (χ4v) is 3.28. The van der Waals surface area contributed by atoms with Gasteiger partial charge < -0.3 is 10.6 Å². The van der Waals surface area contributed by atoms with Gasteiger partial charge in [0.1, 0.15) is 6.04 Å². The molecule has 4 aromatic rings. The van der Waals surface area contributed by atoms with Crippen LogP contribution < -0.4 is 10.6 Å². The Morgan fingerprint density at radius 1 is 0.909 bits per heavy atom. The SMILES string of the molecule is CC(C(=O)Nc1ccccc1C(=O)NCCc1ccccc1)n1nnc(-c2ccccc2)n1. The first-order valence-corrected chi connectivity index (χ1v) is 10.7. The van der Waals surface area contributed by atoms with E-state index in [2.05, 4.69) is 26.0 Å². The van der Waals surface area contributed by atoms with Crippen LogP contribution >= 0.6 is 0 Å². The van der Waals surface area contributed by atoms with Crippen LogP contribution in [0.4, 0.5) is 5.69 Å². The van der Waals surface area contributed by atoms with E-state index in [1.165, 1.54) is 4.80 Å². The molecule has 0 spiro atoms. The fraction of sp³-hybridized carbons (Fsp3) is 0.160. The molecule has 0 bridgehead atoms. The lowest BCUT2D eigenvalue weighted by molar-refractivity contribution is -0.119. The highest BCUT2D eigenvalue weighted by molar-refractivity contribution is 6.04. The normalized spacial score (nSPS) is 11.5. The summed E-state index contributed by atoms with van der Waals surface area (Å²) in [5.41, 5.74) is 2.77. The number of benzene rings is 3. The van der Waals surface area contributed by atoms with Gasteiger partial charge in [0.15, 0.2) is 0 Å². The summed E-state index contributed by atoms with van der Waals surface area (Å²) < 4.78 is 0. The summed E-state index contributed by atoms with van der Waals surface area (Å²) in [7, 11) is 0. The maximum Gasteiger partial charge on any atom is 0.253 e. The number of carbonyl (C=O) groups is 2. The Morgan fingerprint density at radius 2 is 1.58 bits per heavy atom. The predicted molar refractivity (Wildman–Crippen MR) is 126 cm³/mol. The number of tetrazole rings is 1. The molecule has 3 aromatic carbocycles. The van der Waals surface area contributed by atoms with E-state index in [1.807, 2.05) is 60.7 Å². The van der Waals surface area contributed by atoms with Crippen LogP contribution in [0.3, 0.4) is 0 Å². The average Bonchev–Trinajstić information content (AvgIpc) is 3.35. The van der Waals surface area contributed by atoms with Crippen molar-refractivity contribution in [3.05, 3.63) is 96.1 Å². The summed E-state index contributed by atoms with van der Waals surface area (Å²) in [6.07, 6.45) is 0.722. The molecule has 4 rings (SSSR count). The molecule has 166 valence electrons. The van der Waals surface area contributed by atoms with Crippen molar-refractivity contribution in [2.75, 3.05) is 11.9 Å². The molecule has 1 heterocycles. The second-order valence-corrected chi connectivity index (χ2v) is 7.50. The van der Waals surface area contributed by atoms with Crippen molar-refractivity contribution < 1.29 is 9.59 Å². The van der Waals surface area contributed by atoms with E-state index in [-0.39, 0.29) is 11.8 Å². The third kappa shape index (κ3) is 5.48. The molecular weight excluding hydrogens is 416 g/mol. The van der Waals surface area contributed by atoms with Crippen LogP contribution in [-0.4, -0.2) is 38.6 Å². The van der Waals surface area contributed by atoms with Crippen molar-refractivity contribution in [3.63, 3.8) is 0 Å². The minimum atomic E-state index is -0.718. The van der Waals surface area contributed by atoms with E-state index >= 15 is 0 Å². The van der Waals surface area contributed by atoms with E-state index in [4.69, 9.17) is 0 Å². The monoisotopic (exact) mass is 440 g/mol. The summed E-state index contributed by atoms with van der Waals surface area (Å²) in [6, 6.07) is 25.5. The molecule has 1 unspecified atom stereocenters. The maximum absolute atomic E-state index is 12.9. The quantitative estimate of drug-likeness (QED) is 0.437. The topological polar surface area (TPSA) is 102 Å². The smallest absolute Gasteiger partial charge is 0.253 e. The number of para-hydroxylation sites is 1. The molecule has 8 nitrogen and oxygen atoms in total. The Kier molecular flexibility index (Phi) is 6.84. The molecule has 2 amide bonds. The number of hydrogen-bond donors (Lipinski definition) is 2. The molecule has 2 N–H and O–H groups in total. The van der Waals surface area contributed by atoms with Crippen molar-refractivity contribution in [1.29, 1.82) is 0 Å². The van der Waals surface area contributed by atoms with Crippen molar-refractivity contribution in [1.82, 2.24) is 25.5 Å². The average molecular weight is 441 g/mol. The van der Waals surface area contributed by atoms with E-state index < -0.39 is 6.04 Å². The first kappa shape index (κ1) is 21.9. The minimum Gasteiger partial charge on any atom is -0.352 e. The molecule has 0 saturated carbocycles. The molecule has 0 aliphatic carbocycles. The molecule has 33 heavy (non-hydrogen) atoms. The van der Waals surface area contributed by atoms with Crippen LogP contribution in [0, 0.1) is 0 Å². The van der Waals surface area contributed by atoms with Gasteiger partial charge in [-0.2, -0.15) is 4.80 Å². The molecule has 0 aliphatic heterocycles. The van der Waals surface area contributed by atoms with Gasteiger partial charge in [-0.25, -0.2) is 0 Å². The number of amides is 2. The van der Waals surface area contributed by atoms with Gasteiger partial charge in [0, 0.05) is 12.1 Å². The van der Waals surface area contributed by atoms with Gasteiger partial charge in [-0.05, 0) is 36.3 Å². The molecule has 1 atom stereocenters. The number of rotatable bonds is 8. The highest BCUT2D eigenvalue weighted by Crippen LogP contribution is 2.18. The molecule has 0 radical (unpaired) electrons. The van der Waals surface area contributed by atoms with Crippen molar-refractivity contribution in [2.24, 2.45) is 0 Å². The lowest BCUT2D eigenvalue weighted by Gasteiger charge is -2.14. The van der Waals surface area contributed by atoms with Crippen LogP contribution in [0.2, 0.25) is 0 Å². The van der Waals surface area contributed by atoms with Crippen LogP contribution in [0.1, 0.15) is 28.9 Å². The Morgan fingerprint density at radius 3 is 2.33 bits per heavy atom. The number of hydrogen-bond acceptors (Lipinski definition) is 5. The number of aromatic nitrogens is 4. The fourth-order valence-electron chi connectivity index (χ4n) is 3.28. The summed E-state index contributed by atoms with van der Waals surface area (Å²) in [6.45, 7) is 2.17. The standard InChI is InChI=1S/C25H24N6O2/c1-18(31-29-23(28-30-31)20-12-6-3-7-13-20)24(32)27-22-15-9-8-14-21(22)25(33)26-17-16-19-10-4-2-5-11-19/h2-15,18H,16-17H2,1H3,(H,26,33)(H,27,32). The Balaban J connectivity index is 1.40. The van der Waals surface area contributed by atoms with Gasteiger partial charge >= 0.3 is 0 Å². The molecule has 1 aromatic heterocycles. The van der Waals surface area contributed by atoms with E-state index in [0.717, 1.165) is 17.5 Å². The second-order valence-electron chi connectivity index (χ2n) is 7.50. The zero-order chi connectivity index (χ0) is 23.0. The zero-order valence-corrected chi connectivity index (χ0v) is 18.2. The third-order valence-electron chi connectivity index (χ3n) is 5.16. The summed E-state index contributed by atoms with van der Waals surface area (Å²) in [4.78, 5) is 26.9. The van der Waals surface area contributed by atoms with Crippen molar-refractivity contribution in [3.8, 4) is 11.4 Å². The van der Waals surface area contributed by atoms with Crippen LogP contribution in [0.25, 0.3) is 11.4 Å². The number of carbonyl (C=O) groups excluding carboxylic acids is 2. The van der Waals surface area contributed by atoms with Crippen LogP contribution in [0.5, 0.6) is 0 Å². The zero-order valence-electron chi connectivity index (χ0n) is 18.2. The Labute approximate surface area is 191 Å². The maximum atomic E-state index is 12.9. The molecule has 0 fully saturated rings. The molecule has 8 heteroatoms. The van der Waals surface area contributed by atoms with E-state index in [0.29, 0.717) is 23.6 Å². The van der Waals surface area contributed by atoms with Gasteiger partial charge in [0.25, 0.3) is 11.8 Å². The highest BCUT2D eigenvalue weighted by Gasteiger charge is 2.21. The first-order chi connectivity index (χ1) is 16.1. The number of anilines is 1. The van der Waals surface area contributed by atoms with Gasteiger partial charge in [0.2, 0.25) is 5.82 Å². The van der Waals surface area contributed by atoms with Gasteiger partial charge in [-0.1, -0.05) is 72.8 Å². The summed E-state index contributed by atoms with van der Waals surface area (Å²) in [5, 5.41) is 18.1. The Bertz CT molecular complexity index is 1220. The predicted octanol–water partition coefficient (Wildman–Crippen LogP) is 3.51. The third-order valence-corrected chi connectivity index (χ3v) is 5.16. The summed E-state index contributed by atoms with van der Waals surface area (Å²) >= 11 is 0. The lowest BCUT2D eigenvalue weighted by atomic mass is 10.1. The Hall–Kier alpha value is -4.33. The minimum absolute atomic E-state index is 0.250. The van der Waals surface area contributed by atoms with Crippen LogP contribution in [0.15, 0.2) is 84.9 Å². The van der Waals surface area contributed by atoms with Gasteiger partial charge in [0.05, 0.1) is 11.3 Å². The lowest BCUT2D eigenvalue weighted by Crippen LogP contribution is -2.29. The van der Waals surface area contributed by atoms with Crippen molar-refractivity contribution in [2.45, 2.75) is 19.4 Å². The highest BCUT2D eigenvalue weighted by atomic mass is 16.2. The molecule has 0 saturated heterocycles. The van der Waals surface area contributed by atoms with E-state index in [1.54, 1.807) is 31.2 Å². The molecular formula is C25H24N6O2. The second kappa shape index (κ2) is 10.3. The van der Waals surface area contributed by atoms with Crippen LogP contribution in [-0.2, 0) is 11.2 Å². The van der Waals surface area contributed by atoms with E-state index in [9.17, 15) is 9.59 Å². The van der Waals surface area contributed by atoms with Gasteiger partial charge in [-0.3, -0.25) is 9.59 Å². The molecule has 0 aliphatic rings. The largest absolute Gasteiger partial charge is 0.352 e. The summed E-state index contributed by atoms with van der Waals surface area (Å²) in [5.74, 6) is -0.162. The van der Waals surface area contributed by atoms with Gasteiger partial charge in [-0.15, -0.1) is 10.2 Å².